The summed E-state index contributed by atoms with van der Waals surface area (Å²) in [4.78, 5) is 8.67. The molecule has 0 aliphatic carbocycles. The van der Waals surface area contributed by atoms with Crippen molar-refractivity contribution in [2.75, 3.05) is 17.2 Å². The lowest BCUT2D eigenvalue weighted by atomic mass is 10.2. The lowest BCUT2D eigenvalue weighted by Crippen LogP contribution is -2.05. The molecule has 0 fully saturated rings. The van der Waals surface area contributed by atoms with E-state index in [9.17, 15) is 0 Å². The molecule has 2 N–H and O–H groups in total. The van der Waals surface area contributed by atoms with Crippen molar-refractivity contribution in [3.63, 3.8) is 0 Å². The van der Waals surface area contributed by atoms with Gasteiger partial charge in [-0.05, 0) is 36.8 Å². The van der Waals surface area contributed by atoms with Gasteiger partial charge >= 0.3 is 0 Å². The summed E-state index contributed by atoms with van der Waals surface area (Å²) < 4.78 is 1.05. The van der Waals surface area contributed by atoms with E-state index in [1.807, 2.05) is 30.3 Å². The monoisotopic (exact) mass is 334 g/mol. The van der Waals surface area contributed by atoms with Gasteiger partial charge in [0.2, 0.25) is 5.95 Å². The van der Waals surface area contributed by atoms with Crippen LogP contribution in [0.15, 0.2) is 41.0 Å². The van der Waals surface area contributed by atoms with Gasteiger partial charge < -0.3 is 10.6 Å². The number of anilines is 3. The first kappa shape index (κ1) is 14.8. The van der Waals surface area contributed by atoms with Crippen LogP contribution >= 0.6 is 15.9 Å². The Morgan fingerprint density at radius 2 is 1.90 bits per heavy atom. The highest BCUT2D eigenvalue weighted by atomic mass is 79.9. The third kappa shape index (κ3) is 4.81. The molecule has 0 saturated heterocycles. The standard InChI is InChI=1S/C15H19BrN4/c1-2-3-4-10-17-14-9-11-18-15(20-14)19-13-7-5-12(16)6-8-13/h5-9,11H,2-4,10H2,1H3,(H2,17,18,19,20). The van der Waals surface area contributed by atoms with Gasteiger partial charge in [0, 0.05) is 22.9 Å². The second-order valence-electron chi connectivity index (χ2n) is 4.53. The number of aromatic nitrogens is 2. The fourth-order valence-corrected chi connectivity index (χ4v) is 2.04. The van der Waals surface area contributed by atoms with Gasteiger partial charge in [0.25, 0.3) is 0 Å². The van der Waals surface area contributed by atoms with Gasteiger partial charge in [0.15, 0.2) is 0 Å². The van der Waals surface area contributed by atoms with Crippen LogP contribution in [0.3, 0.4) is 0 Å². The van der Waals surface area contributed by atoms with Gasteiger partial charge in [-0.2, -0.15) is 4.98 Å². The van der Waals surface area contributed by atoms with Crippen LogP contribution in [0.2, 0.25) is 0 Å². The number of rotatable bonds is 7. The van der Waals surface area contributed by atoms with E-state index in [-0.39, 0.29) is 0 Å². The molecule has 2 rings (SSSR count). The normalized spacial score (nSPS) is 10.3. The zero-order valence-corrected chi connectivity index (χ0v) is 13.2. The van der Waals surface area contributed by atoms with Crippen LogP contribution in [0, 0.1) is 0 Å². The van der Waals surface area contributed by atoms with E-state index in [1.165, 1.54) is 12.8 Å². The van der Waals surface area contributed by atoms with E-state index in [4.69, 9.17) is 0 Å². The highest BCUT2D eigenvalue weighted by molar-refractivity contribution is 9.10. The zero-order valence-electron chi connectivity index (χ0n) is 11.6. The van der Waals surface area contributed by atoms with E-state index >= 15 is 0 Å². The van der Waals surface area contributed by atoms with Crippen molar-refractivity contribution >= 4 is 33.4 Å². The van der Waals surface area contributed by atoms with Gasteiger partial charge in [-0.1, -0.05) is 35.7 Å². The lowest BCUT2D eigenvalue weighted by molar-refractivity contribution is 0.742. The summed E-state index contributed by atoms with van der Waals surface area (Å²) in [7, 11) is 0. The maximum atomic E-state index is 4.44. The number of hydrogen-bond acceptors (Lipinski definition) is 4. The maximum Gasteiger partial charge on any atom is 0.229 e. The molecule has 0 atom stereocenters. The number of nitrogens with one attached hydrogen (secondary N) is 2. The number of unbranched alkanes of at least 4 members (excludes halogenated alkanes) is 2. The van der Waals surface area contributed by atoms with Crippen LogP contribution in [0.1, 0.15) is 26.2 Å². The molecule has 0 saturated carbocycles. The minimum absolute atomic E-state index is 0.604. The Hall–Kier alpha value is -1.62. The highest BCUT2D eigenvalue weighted by Gasteiger charge is 2.00. The first-order valence-electron chi connectivity index (χ1n) is 6.87. The second kappa shape index (κ2) is 7.85. The molecule has 106 valence electrons. The van der Waals surface area contributed by atoms with Crippen molar-refractivity contribution in [3.05, 3.63) is 41.0 Å². The van der Waals surface area contributed by atoms with Crippen molar-refractivity contribution in [2.45, 2.75) is 26.2 Å². The average molecular weight is 335 g/mol. The number of hydrogen-bond donors (Lipinski definition) is 2. The van der Waals surface area contributed by atoms with E-state index in [0.29, 0.717) is 5.95 Å². The van der Waals surface area contributed by atoms with Crippen LogP contribution < -0.4 is 10.6 Å². The number of nitrogens with zero attached hydrogens (tertiary/aromatic N) is 2. The molecular weight excluding hydrogens is 316 g/mol. The molecule has 0 unspecified atom stereocenters. The van der Waals surface area contributed by atoms with Crippen LogP contribution in [0.25, 0.3) is 0 Å². The first-order valence-corrected chi connectivity index (χ1v) is 7.67. The summed E-state index contributed by atoms with van der Waals surface area (Å²) in [6.45, 7) is 3.15. The Kier molecular flexibility index (Phi) is 5.80. The lowest BCUT2D eigenvalue weighted by Gasteiger charge is -2.08. The molecule has 0 aliphatic rings. The Balaban J connectivity index is 1.93. The summed E-state index contributed by atoms with van der Waals surface area (Å²) >= 11 is 3.41. The van der Waals surface area contributed by atoms with Gasteiger partial charge in [0.05, 0.1) is 0 Å². The fourth-order valence-electron chi connectivity index (χ4n) is 1.77. The van der Waals surface area contributed by atoms with Crippen molar-refractivity contribution < 1.29 is 0 Å². The SMILES string of the molecule is CCCCCNc1ccnc(Nc2ccc(Br)cc2)n1. The summed E-state index contributed by atoms with van der Waals surface area (Å²) in [5.41, 5.74) is 0.969. The van der Waals surface area contributed by atoms with Crippen molar-refractivity contribution in [2.24, 2.45) is 0 Å². The summed E-state index contributed by atoms with van der Waals surface area (Å²) in [5, 5.41) is 6.51. The molecular formula is C15H19BrN4. The third-order valence-corrected chi connectivity index (χ3v) is 3.37. The topological polar surface area (TPSA) is 49.8 Å². The van der Waals surface area contributed by atoms with Crippen molar-refractivity contribution in [1.29, 1.82) is 0 Å². The Morgan fingerprint density at radius 1 is 1.10 bits per heavy atom. The molecule has 20 heavy (non-hydrogen) atoms. The second-order valence-corrected chi connectivity index (χ2v) is 5.45. The van der Waals surface area contributed by atoms with E-state index < -0.39 is 0 Å². The molecule has 0 spiro atoms. The van der Waals surface area contributed by atoms with E-state index in [2.05, 4.69) is 43.5 Å². The molecule has 0 bridgehead atoms. The quantitative estimate of drug-likeness (QED) is 0.727. The summed E-state index contributed by atoms with van der Waals surface area (Å²) in [6, 6.07) is 9.81. The minimum Gasteiger partial charge on any atom is -0.370 e. The summed E-state index contributed by atoms with van der Waals surface area (Å²) in [6.07, 6.45) is 5.39. The average Bonchev–Trinajstić information content (AvgIpc) is 2.47. The molecule has 2 aromatic rings. The smallest absolute Gasteiger partial charge is 0.229 e. The van der Waals surface area contributed by atoms with E-state index in [0.717, 1.165) is 28.9 Å². The molecule has 0 radical (unpaired) electrons. The third-order valence-electron chi connectivity index (χ3n) is 2.84. The predicted molar refractivity (Wildman–Crippen MR) is 87.5 cm³/mol. The fraction of sp³-hybridized carbons (Fsp3) is 0.333. The van der Waals surface area contributed by atoms with Crippen LogP contribution in [0.5, 0.6) is 0 Å². The molecule has 0 aliphatic heterocycles. The first-order chi connectivity index (χ1) is 9.78. The van der Waals surface area contributed by atoms with Crippen LogP contribution in [-0.2, 0) is 0 Å². The Morgan fingerprint density at radius 3 is 2.65 bits per heavy atom. The molecule has 5 heteroatoms. The van der Waals surface area contributed by atoms with Crippen molar-refractivity contribution in [3.8, 4) is 0 Å². The van der Waals surface area contributed by atoms with Gasteiger partial charge in [-0.3, -0.25) is 0 Å². The molecule has 0 amide bonds. The largest absolute Gasteiger partial charge is 0.370 e. The minimum atomic E-state index is 0.604. The summed E-state index contributed by atoms with van der Waals surface area (Å²) in [5.74, 6) is 1.46. The number of halogens is 1. The van der Waals surface area contributed by atoms with Crippen LogP contribution in [0.4, 0.5) is 17.5 Å². The van der Waals surface area contributed by atoms with Gasteiger partial charge in [-0.25, -0.2) is 4.98 Å². The molecule has 1 aromatic carbocycles. The molecule has 1 heterocycles. The predicted octanol–water partition coefficient (Wildman–Crippen LogP) is 4.58. The highest BCUT2D eigenvalue weighted by Crippen LogP contribution is 2.17. The van der Waals surface area contributed by atoms with Gasteiger partial charge in [0.1, 0.15) is 5.82 Å². The number of benzene rings is 1. The molecule has 4 nitrogen and oxygen atoms in total. The van der Waals surface area contributed by atoms with E-state index in [1.54, 1.807) is 6.20 Å². The maximum absolute atomic E-state index is 4.44. The Labute approximate surface area is 128 Å². The van der Waals surface area contributed by atoms with Crippen LogP contribution in [-0.4, -0.2) is 16.5 Å². The zero-order chi connectivity index (χ0) is 14.2. The van der Waals surface area contributed by atoms with Gasteiger partial charge in [-0.15, -0.1) is 0 Å². The Bertz CT molecular complexity index is 528. The molecule has 1 aromatic heterocycles. The van der Waals surface area contributed by atoms with Crippen molar-refractivity contribution in [1.82, 2.24) is 9.97 Å².